The number of hydrogen-bond donors (Lipinski definition) is 0. The molecule has 3 aliphatic heterocycles. The molecule has 0 aliphatic carbocycles. The van der Waals surface area contributed by atoms with Crippen LogP contribution in [0.1, 0.15) is 58.5 Å². The van der Waals surface area contributed by atoms with E-state index in [-0.39, 0.29) is 68.3 Å². The van der Waals surface area contributed by atoms with Crippen LogP contribution in [-0.2, 0) is 46.5 Å². The van der Waals surface area contributed by atoms with Crippen molar-refractivity contribution in [1.82, 2.24) is 24.0 Å². The molecule has 0 saturated carbocycles. The molecule has 4 heterocycles. The Morgan fingerprint density at radius 1 is 1.13 bits per heavy atom. The van der Waals surface area contributed by atoms with Gasteiger partial charge in [-0.1, -0.05) is 26.0 Å². The second-order valence-electron chi connectivity index (χ2n) is 12.8. The number of benzene rings is 2. The normalized spacial score (nSPS) is 21.5. The van der Waals surface area contributed by atoms with E-state index in [2.05, 4.69) is 10.2 Å². The quantitative estimate of drug-likeness (QED) is 0.335. The summed E-state index contributed by atoms with van der Waals surface area (Å²) in [6, 6.07) is 9.03. The highest BCUT2D eigenvalue weighted by Crippen LogP contribution is 2.47. The number of nitrogens with zero attached hydrogens (tertiary/aromatic N) is 6. The van der Waals surface area contributed by atoms with Gasteiger partial charge in [0.25, 0.3) is 5.91 Å². The van der Waals surface area contributed by atoms with Crippen LogP contribution in [0.25, 0.3) is 0 Å². The molecule has 46 heavy (non-hydrogen) atoms. The number of aromatic nitrogens is 3. The molecule has 2 saturated heterocycles. The molecule has 0 spiro atoms. The minimum absolute atomic E-state index is 0.0322. The number of rotatable bonds is 8. The molecule has 0 unspecified atom stereocenters. The Hall–Kier alpha value is -3.40. The van der Waals surface area contributed by atoms with Gasteiger partial charge in [-0.15, -0.1) is 10.2 Å². The van der Waals surface area contributed by atoms with E-state index >= 15 is 4.39 Å². The maximum absolute atomic E-state index is 15.9. The molecule has 0 radical (unpaired) electrons. The molecule has 1 amide bonds. The van der Waals surface area contributed by atoms with Crippen LogP contribution in [0.3, 0.4) is 0 Å². The SMILES string of the molecule is CC(C)[C@H]1CN(S(C)(=O)=O)CCN1Cc1cc2c(c(C(F)(F)F)c1)CN(c1cccc(C3([C@H](F)c4nncn4C)COC3)c1)C2=O. The van der Waals surface area contributed by atoms with E-state index in [1.807, 2.05) is 18.7 Å². The van der Waals surface area contributed by atoms with Crippen LogP contribution < -0.4 is 4.90 Å². The summed E-state index contributed by atoms with van der Waals surface area (Å²) in [4.78, 5) is 17.1. The van der Waals surface area contributed by atoms with Crippen LogP contribution >= 0.6 is 0 Å². The molecule has 0 bridgehead atoms. The van der Waals surface area contributed by atoms with Gasteiger partial charge in [-0.05, 0) is 46.9 Å². The van der Waals surface area contributed by atoms with Gasteiger partial charge in [0.2, 0.25) is 10.0 Å². The van der Waals surface area contributed by atoms with Crippen molar-refractivity contribution in [2.24, 2.45) is 13.0 Å². The Balaban J connectivity index is 1.31. The van der Waals surface area contributed by atoms with Crippen molar-refractivity contribution in [3.63, 3.8) is 0 Å². The van der Waals surface area contributed by atoms with E-state index < -0.39 is 39.3 Å². The van der Waals surface area contributed by atoms with Gasteiger partial charge in [0.05, 0.1) is 37.0 Å². The van der Waals surface area contributed by atoms with Crippen molar-refractivity contribution in [2.45, 2.75) is 50.7 Å². The number of anilines is 1. The predicted octanol–water partition coefficient (Wildman–Crippen LogP) is 4.07. The first-order valence-electron chi connectivity index (χ1n) is 15.0. The highest BCUT2D eigenvalue weighted by atomic mass is 32.2. The van der Waals surface area contributed by atoms with E-state index in [0.29, 0.717) is 23.4 Å². The molecule has 3 aromatic rings. The van der Waals surface area contributed by atoms with Gasteiger partial charge in [0.15, 0.2) is 12.0 Å². The lowest BCUT2D eigenvalue weighted by atomic mass is 9.74. The van der Waals surface area contributed by atoms with Gasteiger partial charge < -0.3 is 14.2 Å². The monoisotopic (exact) mass is 664 g/mol. The second kappa shape index (κ2) is 11.7. The molecule has 2 fully saturated rings. The second-order valence-corrected chi connectivity index (χ2v) is 14.8. The molecule has 6 rings (SSSR count). The number of amides is 1. The molecule has 1 aromatic heterocycles. The van der Waals surface area contributed by atoms with Crippen molar-refractivity contribution >= 4 is 21.6 Å². The lowest BCUT2D eigenvalue weighted by molar-refractivity contribution is -0.138. The number of sulfonamides is 1. The Kier molecular flexibility index (Phi) is 8.27. The van der Waals surface area contributed by atoms with Gasteiger partial charge in [-0.2, -0.15) is 17.5 Å². The summed E-state index contributed by atoms with van der Waals surface area (Å²) in [5, 5.41) is 7.70. The average molecular weight is 665 g/mol. The van der Waals surface area contributed by atoms with E-state index in [9.17, 15) is 26.4 Å². The van der Waals surface area contributed by atoms with Crippen LogP contribution in [0, 0.1) is 5.92 Å². The summed E-state index contributed by atoms with van der Waals surface area (Å²) in [5.74, 6) is -0.420. The molecule has 3 aliphatic rings. The van der Waals surface area contributed by atoms with E-state index in [1.54, 1.807) is 31.3 Å². The Labute approximate surface area is 265 Å². The first-order valence-corrected chi connectivity index (χ1v) is 16.9. The maximum atomic E-state index is 15.9. The topological polar surface area (TPSA) is 101 Å². The molecule has 248 valence electrons. The molecule has 0 N–H and O–H groups in total. The van der Waals surface area contributed by atoms with Crippen LogP contribution in [0.4, 0.5) is 23.2 Å². The molecular formula is C31H36F4N6O4S. The number of aryl methyl sites for hydroxylation is 1. The highest BCUT2D eigenvalue weighted by Gasteiger charge is 2.51. The smallest absolute Gasteiger partial charge is 0.379 e. The Morgan fingerprint density at radius 3 is 2.46 bits per heavy atom. The van der Waals surface area contributed by atoms with Crippen molar-refractivity contribution in [2.75, 3.05) is 44.0 Å². The first-order chi connectivity index (χ1) is 21.6. The van der Waals surface area contributed by atoms with Gasteiger partial charge >= 0.3 is 6.18 Å². The summed E-state index contributed by atoms with van der Waals surface area (Å²) in [6.45, 7) is 4.66. The number of hydrogen-bond acceptors (Lipinski definition) is 7. The zero-order chi connectivity index (χ0) is 33.2. The Morgan fingerprint density at radius 2 is 1.87 bits per heavy atom. The van der Waals surface area contributed by atoms with Crippen LogP contribution in [-0.4, -0.2) is 83.4 Å². The fraction of sp³-hybridized carbons (Fsp3) is 0.516. The number of halogens is 4. The van der Waals surface area contributed by atoms with Gasteiger partial charge in [-0.3, -0.25) is 9.69 Å². The highest BCUT2D eigenvalue weighted by molar-refractivity contribution is 7.88. The lowest BCUT2D eigenvalue weighted by Gasteiger charge is -2.43. The van der Waals surface area contributed by atoms with Crippen molar-refractivity contribution in [3.05, 3.63) is 76.4 Å². The first kappa shape index (κ1) is 32.5. The maximum Gasteiger partial charge on any atom is 0.416 e. The molecular weight excluding hydrogens is 628 g/mol. The zero-order valence-corrected chi connectivity index (χ0v) is 26.8. The van der Waals surface area contributed by atoms with Gasteiger partial charge in [0, 0.05) is 50.5 Å². The number of alkyl halides is 4. The molecule has 10 nitrogen and oxygen atoms in total. The Bertz CT molecular complexity index is 1760. The van der Waals surface area contributed by atoms with E-state index in [4.69, 9.17) is 4.74 Å². The predicted molar refractivity (Wildman–Crippen MR) is 161 cm³/mol. The van der Waals surface area contributed by atoms with Crippen molar-refractivity contribution in [1.29, 1.82) is 0 Å². The number of fused-ring (bicyclic) bond motifs is 1. The van der Waals surface area contributed by atoms with Crippen molar-refractivity contribution in [3.8, 4) is 0 Å². The van der Waals surface area contributed by atoms with Crippen LogP contribution in [0.5, 0.6) is 0 Å². The largest absolute Gasteiger partial charge is 0.416 e. The third-order valence-corrected chi connectivity index (χ3v) is 10.7. The standard InChI is InChI=1S/C31H36F4N6O4S/c1-19(2)26-15-40(46(4,43)44)9-8-39(26)13-20-10-23-24(25(11-20)31(33,34)35)14-41(29(23)42)22-7-5-6-21(12-22)30(16-45-17-30)27(32)28-37-36-18-38(28)3/h5-7,10-12,18-19,26-27H,8-9,13-17H2,1-4H3/t26-,27-/m1/s1. The minimum atomic E-state index is -4.71. The molecule has 15 heteroatoms. The third kappa shape index (κ3) is 5.71. The van der Waals surface area contributed by atoms with E-state index in [0.717, 1.165) is 12.3 Å². The fourth-order valence-electron chi connectivity index (χ4n) is 6.74. The van der Waals surface area contributed by atoms with E-state index in [1.165, 1.54) is 26.2 Å². The summed E-state index contributed by atoms with van der Waals surface area (Å²) >= 11 is 0. The summed E-state index contributed by atoms with van der Waals surface area (Å²) < 4.78 is 92.1. The number of ether oxygens (including phenoxy) is 1. The zero-order valence-electron chi connectivity index (χ0n) is 26.0. The number of carbonyl (C=O) groups is 1. The number of piperazine rings is 1. The summed E-state index contributed by atoms with van der Waals surface area (Å²) in [6.07, 6.45) is -3.73. The lowest BCUT2D eigenvalue weighted by Crippen LogP contribution is -2.55. The average Bonchev–Trinajstić information content (AvgIpc) is 3.54. The van der Waals surface area contributed by atoms with Gasteiger partial charge in [-0.25, -0.2) is 12.8 Å². The third-order valence-electron chi connectivity index (χ3n) is 9.44. The van der Waals surface area contributed by atoms with Crippen LogP contribution in [0.2, 0.25) is 0 Å². The van der Waals surface area contributed by atoms with Gasteiger partial charge in [0.1, 0.15) is 6.33 Å². The molecule has 2 aromatic carbocycles. The van der Waals surface area contributed by atoms with Crippen LogP contribution in [0.15, 0.2) is 42.7 Å². The fourth-order valence-corrected chi connectivity index (χ4v) is 7.58. The van der Waals surface area contributed by atoms with Crippen molar-refractivity contribution < 1.29 is 35.5 Å². The summed E-state index contributed by atoms with van der Waals surface area (Å²) in [7, 11) is -1.78. The summed E-state index contributed by atoms with van der Waals surface area (Å²) in [5.41, 5.74) is -0.902. The number of carbonyl (C=O) groups excluding carboxylic acids is 1. The molecule has 2 atom stereocenters. The minimum Gasteiger partial charge on any atom is -0.379 e.